The Bertz CT molecular complexity index is 1030. The number of hydroxylamine groups is 2. The highest BCUT2D eigenvalue weighted by Gasteiger charge is 2.59. The second kappa shape index (κ2) is 11.1. The molecule has 1 spiro atoms. The molecule has 0 bridgehead atoms. The molecule has 1 saturated carbocycles. The Balaban J connectivity index is 1.39. The number of hydrogen-bond donors (Lipinski definition) is 4. The van der Waals surface area contributed by atoms with Gasteiger partial charge in [-0.1, -0.05) is 25.1 Å². The average Bonchev–Trinajstić information content (AvgIpc) is 3.19. The van der Waals surface area contributed by atoms with Crippen LogP contribution in [0.2, 0.25) is 0 Å². The highest BCUT2D eigenvalue weighted by molar-refractivity contribution is 5.90. The van der Waals surface area contributed by atoms with Gasteiger partial charge in [0.05, 0.1) is 31.1 Å². The lowest BCUT2D eigenvalue weighted by atomic mass is 10.1. The molecule has 1 aliphatic heterocycles. The standard InChI is InChI=1S/C24H34N6O5/c1-3-29-15-24(16-35-29)14-19(24)26-23(33)27-21-17(2)22(28-30(21)18-8-5-4-6-9-18)34-13-7-10-20(32)25-11-12-31/h4-6,8-9,19,31H,3,7,10-16H2,1-2H3,(H,25,32)(H2,26,27,33)/t19?,24-/m0/s1. The van der Waals surface area contributed by atoms with E-state index in [9.17, 15) is 9.59 Å². The molecule has 1 aromatic carbocycles. The summed E-state index contributed by atoms with van der Waals surface area (Å²) in [5, 5.41) is 24.0. The molecule has 2 fully saturated rings. The van der Waals surface area contributed by atoms with Crippen LogP contribution in [0.15, 0.2) is 30.3 Å². The van der Waals surface area contributed by atoms with Gasteiger partial charge in [0.1, 0.15) is 5.82 Å². The zero-order valence-corrected chi connectivity index (χ0v) is 20.2. The molecule has 1 aliphatic carbocycles. The molecule has 1 unspecified atom stereocenters. The van der Waals surface area contributed by atoms with Gasteiger partial charge in [0.2, 0.25) is 11.8 Å². The lowest BCUT2D eigenvalue weighted by Gasteiger charge is -2.13. The zero-order valence-electron chi connectivity index (χ0n) is 20.2. The predicted molar refractivity (Wildman–Crippen MR) is 129 cm³/mol. The van der Waals surface area contributed by atoms with E-state index in [0.29, 0.717) is 36.9 Å². The van der Waals surface area contributed by atoms with Crippen molar-refractivity contribution in [2.45, 2.75) is 39.2 Å². The summed E-state index contributed by atoms with van der Waals surface area (Å²) >= 11 is 0. The van der Waals surface area contributed by atoms with E-state index in [4.69, 9.17) is 14.7 Å². The molecule has 2 heterocycles. The van der Waals surface area contributed by atoms with Gasteiger partial charge in [-0.05, 0) is 31.9 Å². The summed E-state index contributed by atoms with van der Waals surface area (Å²) < 4.78 is 7.51. The Hall–Kier alpha value is -3.15. The first-order valence-electron chi connectivity index (χ1n) is 12.1. The van der Waals surface area contributed by atoms with E-state index in [1.165, 1.54) is 0 Å². The minimum Gasteiger partial charge on any atom is -0.476 e. The van der Waals surface area contributed by atoms with Gasteiger partial charge in [-0.2, -0.15) is 5.06 Å². The van der Waals surface area contributed by atoms with E-state index < -0.39 is 0 Å². The van der Waals surface area contributed by atoms with Crippen LogP contribution >= 0.6 is 0 Å². The number of nitrogens with zero attached hydrogens (tertiary/aromatic N) is 3. The number of aliphatic hydroxyl groups excluding tert-OH is 1. The van der Waals surface area contributed by atoms with Gasteiger partial charge >= 0.3 is 6.03 Å². The maximum Gasteiger partial charge on any atom is 0.320 e. The topological polar surface area (TPSA) is 130 Å². The maximum atomic E-state index is 12.9. The SMILES string of the molecule is CCN1C[C@]2(CO1)CC2NC(=O)Nc1c(C)c(OCCCC(=O)NCCO)nn1-c1ccccc1. The third-order valence-corrected chi connectivity index (χ3v) is 6.41. The van der Waals surface area contributed by atoms with Gasteiger partial charge in [0.25, 0.3) is 0 Å². The van der Waals surface area contributed by atoms with E-state index in [2.05, 4.69) is 28.0 Å². The van der Waals surface area contributed by atoms with Crippen molar-refractivity contribution in [2.75, 3.05) is 44.8 Å². The number of carbonyl (C=O) groups excluding carboxylic acids is 2. The van der Waals surface area contributed by atoms with Crippen LogP contribution in [0, 0.1) is 12.3 Å². The molecule has 4 N–H and O–H groups in total. The van der Waals surface area contributed by atoms with Crippen molar-refractivity contribution < 1.29 is 24.3 Å². The second-order valence-corrected chi connectivity index (χ2v) is 9.00. The number of para-hydroxylation sites is 1. The number of aromatic nitrogens is 2. The first kappa shape index (κ1) is 25.0. The van der Waals surface area contributed by atoms with Crippen LogP contribution in [-0.4, -0.2) is 77.4 Å². The van der Waals surface area contributed by atoms with Gasteiger partial charge in [-0.3, -0.25) is 14.9 Å². The monoisotopic (exact) mass is 486 g/mol. The van der Waals surface area contributed by atoms with Crippen molar-refractivity contribution in [3.63, 3.8) is 0 Å². The Morgan fingerprint density at radius 3 is 2.83 bits per heavy atom. The molecule has 0 radical (unpaired) electrons. The molecular weight excluding hydrogens is 452 g/mol. The molecule has 1 saturated heterocycles. The summed E-state index contributed by atoms with van der Waals surface area (Å²) in [5.41, 5.74) is 1.48. The van der Waals surface area contributed by atoms with Gasteiger partial charge < -0.3 is 20.5 Å². The number of ether oxygens (including phenoxy) is 1. The lowest BCUT2D eigenvalue weighted by molar-refractivity contribution is -0.121. The molecule has 2 aromatic rings. The van der Waals surface area contributed by atoms with E-state index in [-0.39, 0.29) is 43.0 Å². The van der Waals surface area contributed by atoms with E-state index in [1.54, 1.807) is 4.68 Å². The predicted octanol–water partition coefficient (Wildman–Crippen LogP) is 1.60. The summed E-state index contributed by atoms with van der Waals surface area (Å²) in [4.78, 5) is 30.3. The van der Waals surface area contributed by atoms with Crippen LogP contribution in [0.25, 0.3) is 5.69 Å². The first-order valence-corrected chi connectivity index (χ1v) is 12.1. The van der Waals surface area contributed by atoms with Crippen LogP contribution in [0.3, 0.4) is 0 Å². The molecule has 11 nitrogen and oxygen atoms in total. The zero-order chi connectivity index (χ0) is 24.8. The van der Waals surface area contributed by atoms with Crippen molar-refractivity contribution >= 4 is 17.8 Å². The number of urea groups is 1. The molecule has 4 rings (SSSR count). The quantitative estimate of drug-likeness (QED) is 0.355. The smallest absolute Gasteiger partial charge is 0.320 e. The van der Waals surface area contributed by atoms with E-state index in [0.717, 1.165) is 25.2 Å². The summed E-state index contributed by atoms with van der Waals surface area (Å²) in [6.07, 6.45) is 1.68. The number of carbonyl (C=O) groups is 2. The van der Waals surface area contributed by atoms with Gasteiger partial charge in [-0.25, -0.2) is 9.48 Å². The molecule has 190 valence electrons. The van der Waals surface area contributed by atoms with Crippen LogP contribution in [0.1, 0.15) is 31.7 Å². The number of rotatable bonds is 11. The number of amides is 3. The van der Waals surface area contributed by atoms with Gasteiger partial charge in [0.15, 0.2) is 0 Å². The molecule has 3 amide bonds. The summed E-state index contributed by atoms with van der Waals surface area (Å²) in [6.45, 7) is 6.62. The van der Waals surface area contributed by atoms with Crippen molar-refractivity contribution in [2.24, 2.45) is 5.41 Å². The fraction of sp³-hybridized carbons (Fsp3) is 0.542. The Morgan fingerprint density at radius 1 is 1.31 bits per heavy atom. The minimum absolute atomic E-state index is 0.000189. The molecular formula is C24H34N6O5. The van der Waals surface area contributed by atoms with Crippen molar-refractivity contribution in [3.8, 4) is 11.6 Å². The van der Waals surface area contributed by atoms with Crippen LogP contribution in [-0.2, 0) is 9.63 Å². The number of anilines is 1. The third-order valence-electron chi connectivity index (χ3n) is 6.41. The summed E-state index contributed by atoms with van der Waals surface area (Å²) in [5.74, 6) is 0.781. The Kier molecular flexibility index (Phi) is 7.89. The van der Waals surface area contributed by atoms with E-state index in [1.807, 2.05) is 42.3 Å². The highest BCUT2D eigenvalue weighted by Crippen LogP contribution is 2.50. The van der Waals surface area contributed by atoms with Crippen LogP contribution in [0.4, 0.5) is 10.6 Å². The summed E-state index contributed by atoms with van der Waals surface area (Å²) in [6, 6.07) is 9.28. The fourth-order valence-electron chi connectivity index (χ4n) is 4.25. The first-order chi connectivity index (χ1) is 17.0. The molecule has 2 atom stereocenters. The fourth-order valence-corrected chi connectivity index (χ4v) is 4.25. The van der Waals surface area contributed by atoms with Crippen LogP contribution in [0.5, 0.6) is 5.88 Å². The number of benzene rings is 1. The number of aliphatic hydroxyl groups is 1. The summed E-state index contributed by atoms with van der Waals surface area (Å²) in [7, 11) is 0. The van der Waals surface area contributed by atoms with Crippen molar-refractivity contribution in [3.05, 3.63) is 35.9 Å². The molecule has 11 heteroatoms. The number of nitrogens with one attached hydrogen (secondary N) is 3. The Morgan fingerprint density at radius 2 is 2.11 bits per heavy atom. The molecule has 2 aliphatic rings. The highest BCUT2D eigenvalue weighted by atomic mass is 16.7. The normalized spacial score (nSPS) is 21.2. The van der Waals surface area contributed by atoms with E-state index >= 15 is 0 Å². The largest absolute Gasteiger partial charge is 0.476 e. The Labute approximate surface area is 204 Å². The van der Waals surface area contributed by atoms with Gasteiger partial charge in [-0.15, -0.1) is 5.10 Å². The second-order valence-electron chi connectivity index (χ2n) is 9.00. The van der Waals surface area contributed by atoms with Crippen molar-refractivity contribution in [1.29, 1.82) is 0 Å². The molecule has 1 aromatic heterocycles. The van der Waals surface area contributed by atoms with Crippen LogP contribution < -0.4 is 20.7 Å². The maximum absolute atomic E-state index is 12.9. The average molecular weight is 487 g/mol. The van der Waals surface area contributed by atoms with Crippen molar-refractivity contribution in [1.82, 2.24) is 25.5 Å². The lowest BCUT2D eigenvalue weighted by Crippen LogP contribution is -2.35. The minimum atomic E-state index is -0.297. The third kappa shape index (κ3) is 5.92. The number of hydrogen-bond acceptors (Lipinski definition) is 7. The molecule has 35 heavy (non-hydrogen) atoms. The van der Waals surface area contributed by atoms with Gasteiger partial charge in [0, 0.05) is 37.5 Å².